The molecular weight excluding hydrogens is 366 g/mol. The molecule has 29 heavy (non-hydrogen) atoms. The van der Waals surface area contributed by atoms with E-state index in [4.69, 9.17) is 4.98 Å². The molecule has 0 saturated heterocycles. The maximum atomic E-state index is 13.2. The summed E-state index contributed by atoms with van der Waals surface area (Å²) in [5.74, 6) is 1.000. The van der Waals surface area contributed by atoms with E-state index < -0.39 is 0 Å². The number of nitrogens with zero attached hydrogens (tertiary/aromatic N) is 5. The number of pyridine rings is 2. The van der Waals surface area contributed by atoms with Crippen LogP contribution in [-0.4, -0.2) is 38.6 Å². The van der Waals surface area contributed by atoms with E-state index >= 15 is 0 Å². The Kier molecular flexibility index (Phi) is 5.33. The van der Waals surface area contributed by atoms with Gasteiger partial charge in [0.05, 0.1) is 17.6 Å². The van der Waals surface area contributed by atoms with Gasteiger partial charge >= 0.3 is 6.03 Å². The molecule has 0 unspecified atom stereocenters. The van der Waals surface area contributed by atoms with Gasteiger partial charge < -0.3 is 5.32 Å². The van der Waals surface area contributed by atoms with E-state index in [1.807, 2.05) is 32.0 Å². The molecule has 2 amide bonds. The Morgan fingerprint density at radius 3 is 2.83 bits per heavy atom. The topological polar surface area (TPSA) is 95.9 Å². The van der Waals surface area contributed by atoms with Crippen LogP contribution in [0.4, 0.5) is 22.1 Å². The maximum Gasteiger partial charge on any atom is 0.329 e. The van der Waals surface area contributed by atoms with Gasteiger partial charge in [0, 0.05) is 42.9 Å². The lowest BCUT2D eigenvalue weighted by Gasteiger charge is -2.32. The highest BCUT2D eigenvalue weighted by Crippen LogP contribution is 2.32. The summed E-state index contributed by atoms with van der Waals surface area (Å²) in [7, 11) is 0. The number of hydrogen-bond donors (Lipinski definition) is 2. The highest BCUT2D eigenvalue weighted by atomic mass is 16.2. The maximum absolute atomic E-state index is 13.2. The van der Waals surface area contributed by atoms with Gasteiger partial charge in [0.15, 0.2) is 11.6 Å². The molecule has 1 atom stereocenters. The third kappa shape index (κ3) is 4.01. The molecule has 0 aliphatic carbocycles. The molecule has 0 fully saturated rings. The third-order valence-electron chi connectivity index (χ3n) is 4.99. The van der Waals surface area contributed by atoms with E-state index in [1.54, 1.807) is 29.7 Å². The largest absolute Gasteiger partial charge is 0.382 e. The lowest BCUT2D eigenvalue weighted by molar-refractivity contribution is 0.254. The van der Waals surface area contributed by atoms with Gasteiger partial charge in [-0.3, -0.25) is 20.2 Å². The van der Waals surface area contributed by atoms with E-state index in [0.717, 1.165) is 41.9 Å². The van der Waals surface area contributed by atoms with Crippen LogP contribution in [0, 0.1) is 6.92 Å². The van der Waals surface area contributed by atoms with E-state index in [-0.39, 0.29) is 12.1 Å². The molecule has 148 valence electrons. The molecule has 4 rings (SSSR count). The average molecular weight is 389 g/mol. The smallest absolute Gasteiger partial charge is 0.329 e. The van der Waals surface area contributed by atoms with Gasteiger partial charge in [0.1, 0.15) is 0 Å². The number of carbonyl (C=O) groups is 1. The Hall–Kier alpha value is -3.55. The Morgan fingerprint density at radius 2 is 2.03 bits per heavy atom. The first-order valence-corrected chi connectivity index (χ1v) is 9.65. The molecule has 0 aromatic carbocycles. The van der Waals surface area contributed by atoms with Crippen molar-refractivity contribution in [3.63, 3.8) is 0 Å². The number of amides is 2. The summed E-state index contributed by atoms with van der Waals surface area (Å²) in [5, 5.41) is 6.23. The summed E-state index contributed by atoms with van der Waals surface area (Å²) in [5.41, 5.74) is 3.63. The standard InChI is InChI=1S/C21H23N7O/c1-14-7-9-22-12-16(14)17-5-6-18-20(26-17)28(15(2)4-3-8-24-18)21(29)27-19-13-23-10-11-25-19/h5-7,9-13,15,24H,3-4,8H2,1-2H3,(H,25,27,29)/t15-/m1/s1. The number of anilines is 3. The molecule has 1 aliphatic heterocycles. The molecule has 4 heterocycles. The van der Waals surface area contributed by atoms with Crippen LogP contribution in [0.15, 0.2) is 49.2 Å². The summed E-state index contributed by atoms with van der Waals surface area (Å²) in [6, 6.07) is 5.58. The molecule has 3 aromatic heterocycles. The second kappa shape index (κ2) is 8.22. The summed E-state index contributed by atoms with van der Waals surface area (Å²) in [6.45, 7) is 4.90. The summed E-state index contributed by atoms with van der Waals surface area (Å²) in [6.07, 6.45) is 10.0. The average Bonchev–Trinajstić information content (AvgIpc) is 2.72. The molecule has 0 radical (unpaired) electrons. The van der Waals surface area contributed by atoms with Gasteiger partial charge in [0.25, 0.3) is 0 Å². The minimum absolute atomic E-state index is 0.0229. The van der Waals surface area contributed by atoms with Crippen molar-refractivity contribution < 1.29 is 4.79 Å². The van der Waals surface area contributed by atoms with Crippen LogP contribution in [-0.2, 0) is 0 Å². The first kappa shape index (κ1) is 18.8. The van der Waals surface area contributed by atoms with Crippen LogP contribution in [0.25, 0.3) is 11.3 Å². The van der Waals surface area contributed by atoms with Crippen LogP contribution < -0.4 is 15.5 Å². The molecule has 8 nitrogen and oxygen atoms in total. The quantitative estimate of drug-likeness (QED) is 0.691. The predicted octanol–water partition coefficient (Wildman–Crippen LogP) is 3.87. The Morgan fingerprint density at radius 1 is 1.17 bits per heavy atom. The SMILES string of the molecule is Cc1ccncc1-c1ccc2c(n1)N(C(=O)Nc1cnccn1)[C@H](C)CCCN2. The first-order valence-electron chi connectivity index (χ1n) is 9.65. The van der Waals surface area contributed by atoms with E-state index in [2.05, 4.69) is 25.6 Å². The fraction of sp³-hybridized carbons (Fsp3) is 0.286. The number of urea groups is 1. The van der Waals surface area contributed by atoms with Gasteiger partial charge in [-0.2, -0.15) is 0 Å². The predicted molar refractivity (Wildman–Crippen MR) is 113 cm³/mol. The van der Waals surface area contributed by atoms with Gasteiger partial charge in [-0.1, -0.05) is 0 Å². The second-order valence-corrected chi connectivity index (χ2v) is 7.07. The zero-order chi connectivity index (χ0) is 20.2. The zero-order valence-electron chi connectivity index (χ0n) is 16.5. The number of rotatable bonds is 2. The number of carbonyl (C=O) groups excluding carboxylic acids is 1. The van der Waals surface area contributed by atoms with E-state index in [0.29, 0.717) is 11.6 Å². The Bertz CT molecular complexity index is 1010. The molecule has 0 saturated carbocycles. The van der Waals surface area contributed by atoms with Crippen molar-refractivity contribution in [3.05, 3.63) is 54.7 Å². The lowest BCUT2D eigenvalue weighted by atomic mass is 10.1. The van der Waals surface area contributed by atoms with Gasteiger partial charge in [0.2, 0.25) is 0 Å². The fourth-order valence-electron chi connectivity index (χ4n) is 3.44. The molecule has 0 spiro atoms. The highest BCUT2D eigenvalue weighted by Gasteiger charge is 2.28. The van der Waals surface area contributed by atoms with Gasteiger partial charge in [-0.15, -0.1) is 0 Å². The monoisotopic (exact) mass is 389 g/mol. The van der Waals surface area contributed by atoms with E-state index in [1.165, 1.54) is 6.20 Å². The zero-order valence-corrected chi connectivity index (χ0v) is 16.5. The minimum atomic E-state index is -0.282. The molecule has 2 N–H and O–H groups in total. The number of aromatic nitrogens is 4. The highest BCUT2D eigenvalue weighted by molar-refractivity contribution is 6.03. The van der Waals surface area contributed by atoms with Crippen LogP contribution in [0.3, 0.4) is 0 Å². The lowest BCUT2D eigenvalue weighted by Crippen LogP contribution is -2.43. The van der Waals surface area contributed by atoms with Gasteiger partial charge in [-0.05, 0) is 50.5 Å². The van der Waals surface area contributed by atoms with Crippen molar-refractivity contribution in [1.29, 1.82) is 0 Å². The van der Waals surface area contributed by atoms with Gasteiger partial charge in [-0.25, -0.2) is 14.8 Å². The number of aryl methyl sites for hydroxylation is 1. The third-order valence-corrected chi connectivity index (χ3v) is 4.99. The van der Waals surface area contributed by atoms with Crippen molar-refractivity contribution in [1.82, 2.24) is 19.9 Å². The van der Waals surface area contributed by atoms with Crippen molar-refractivity contribution in [2.45, 2.75) is 32.7 Å². The van der Waals surface area contributed by atoms with Crippen LogP contribution >= 0.6 is 0 Å². The number of hydrogen-bond acceptors (Lipinski definition) is 6. The van der Waals surface area contributed by atoms with Crippen LogP contribution in [0.2, 0.25) is 0 Å². The molecule has 8 heteroatoms. The van der Waals surface area contributed by atoms with E-state index in [9.17, 15) is 4.79 Å². The minimum Gasteiger partial charge on any atom is -0.382 e. The van der Waals surface area contributed by atoms with Crippen molar-refractivity contribution in [3.8, 4) is 11.3 Å². The van der Waals surface area contributed by atoms with Crippen LogP contribution in [0.5, 0.6) is 0 Å². The second-order valence-electron chi connectivity index (χ2n) is 7.07. The van der Waals surface area contributed by atoms with Crippen molar-refractivity contribution in [2.75, 3.05) is 22.1 Å². The number of fused-ring (bicyclic) bond motifs is 1. The summed E-state index contributed by atoms with van der Waals surface area (Å²) < 4.78 is 0. The summed E-state index contributed by atoms with van der Waals surface area (Å²) >= 11 is 0. The Labute approximate surface area is 169 Å². The Balaban J connectivity index is 1.76. The molecule has 0 bridgehead atoms. The first-order chi connectivity index (χ1) is 14.1. The fourth-order valence-corrected chi connectivity index (χ4v) is 3.44. The van der Waals surface area contributed by atoms with Crippen molar-refractivity contribution >= 4 is 23.4 Å². The summed E-state index contributed by atoms with van der Waals surface area (Å²) in [4.78, 5) is 32.1. The van der Waals surface area contributed by atoms with Crippen molar-refractivity contribution in [2.24, 2.45) is 0 Å². The molecule has 1 aliphatic rings. The van der Waals surface area contributed by atoms with Crippen LogP contribution in [0.1, 0.15) is 25.3 Å². The molecular formula is C21H23N7O. The molecule has 3 aromatic rings. The normalized spacial score (nSPS) is 16.2. The number of nitrogens with one attached hydrogen (secondary N) is 2.